The Morgan fingerprint density at radius 3 is 2.33 bits per heavy atom. The quantitative estimate of drug-likeness (QED) is 0.677. The predicted octanol–water partition coefficient (Wildman–Crippen LogP) is 1.14. The van der Waals surface area contributed by atoms with Crippen LogP contribution in [0.3, 0.4) is 0 Å². The zero-order chi connectivity index (χ0) is 16.3. The summed E-state index contributed by atoms with van der Waals surface area (Å²) in [7, 11) is -2.00. The highest BCUT2D eigenvalue weighted by molar-refractivity contribution is 6.74. The molecule has 0 aliphatic carbocycles. The molecule has 0 aromatic rings. The first-order valence-corrected chi connectivity index (χ1v) is 10.4. The lowest BCUT2D eigenvalue weighted by Crippen LogP contribution is -2.57. The van der Waals surface area contributed by atoms with Crippen LogP contribution in [-0.4, -0.2) is 55.1 Å². The van der Waals surface area contributed by atoms with E-state index in [1.807, 2.05) is 0 Å². The Bertz CT molecular complexity index is 409. The van der Waals surface area contributed by atoms with Gasteiger partial charge in [0.15, 0.2) is 19.8 Å². The predicted molar refractivity (Wildman–Crippen MR) is 81.1 cm³/mol. The molecule has 2 heterocycles. The van der Waals surface area contributed by atoms with Crippen molar-refractivity contribution >= 4 is 8.32 Å². The minimum Gasteiger partial charge on any atom is -0.412 e. The van der Waals surface area contributed by atoms with Gasteiger partial charge in [0.1, 0.15) is 18.4 Å². The number of aliphatic hydroxyl groups is 2. The van der Waals surface area contributed by atoms with E-state index in [0.29, 0.717) is 0 Å². The van der Waals surface area contributed by atoms with Gasteiger partial charge in [-0.1, -0.05) is 20.8 Å². The van der Waals surface area contributed by atoms with Gasteiger partial charge < -0.3 is 24.1 Å². The van der Waals surface area contributed by atoms with Gasteiger partial charge in [-0.15, -0.1) is 0 Å². The van der Waals surface area contributed by atoms with E-state index in [4.69, 9.17) is 13.9 Å². The first-order valence-electron chi connectivity index (χ1n) is 7.45. The molecule has 7 heteroatoms. The molecule has 3 N–H and O–H groups in total. The maximum absolute atomic E-state index is 10.8. The van der Waals surface area contributed by atoms with Gasteiger partial charge in [0, 0.05) is 0 Å². The summed E-state index contributed by atoms with van der Waals surface area (Å²) < 4.78 is 17.5. The van der Waals surface area contributed by atoms with Crippen molar-refractivity contribution in [3.05, 3.63) is 0 Å². The van der Waals surface area contributed by atoms with Gasteiger partial charge in [0.25, 0.3) is 0 Å². The highest BCUT2D eigenvalue weighted by Crippen LogP contribution is 2.41. The molecule has 0 aromatic carbocycles. The fourth-order valence-corrected chi connectivity index (χ4v) is 3.45. The Kier molecular flexibility index (Phi) is 4.12. The van der Waals surface area contributed by atoms with Crippen LogP contribution in [0.5, 0.6) is 0 Å². The van der Waals surface area contributed by atoms with Crippen LogP contribution in [-0.2, 0) is 13.9 Å². The molecule has 21 heavy (non-hydrogen) atoms. The number of hydrogen-bond donors (Lipinski definition) is 3. The molecule has 124 valence electrons. The van der Waals surface area contributed by atoms with Crippen LogP contribution >= 0.6 is 0 Å². The topological polar surface area (TPSA) is 80.2 Å². The maximum atomic E-state index is 10.8. The number of aliphatic hydroxyl groups excluding tert-OH is 1. The van der Waals surface area contributed by atoms with Gasteiger partial charge in [0.2, 0.25) is 0 Å². The van der Waals surface area contributed by atoms with Crippen molar-refractivity contribution in [2.75, 3.05) is 6.61 Å². The van der Waals surface area contributed by atoms with Crippen LogP contribution in [0.1, 0.15) is 34.6 Å². The molecule has 2 rings (SSSR count). The third-order valence-electron chi connectivity index (χ3n) is 4.77. The van der Waals surface area contributed by atoms with Crippen LogP contribution in [0.4, 0.5) is 0 Å². The zero-order valence-corrected chi connectivity index (χ0v) is 15.1. The second kappa shape index (κ2) is 4.99. The standard InChI is InChI=1S/C14H29NO5Si/c1-12(2,3)21(6,7)18-8-14(17)10-9(11(16)15-14)19-13(4,5)20-10/h9-11,15-17H,8H2,1-7H3/t9-,10+,11?,14-/m1/s1. The minimum atomic E-state index is -2.00. The molecule has 2 fully saturated rings. The fraction of sp³-hybridized carbons (Fsp3) is 1.00. The fourth-order valence-electron chi connectivity index (χ4n) is 2.44. The Hall–Kier alpha value is -0.0231. The van der Waals surface area contributed by atoms with Crippen molar-refractivity contribution in [3.8, 4) is 0 Å². The molecule has 6 nitrogen and oxygen atoms in total. The summed E-state index contributed by atoms with van der Waals surface area (Å²) in [6.07, 6.45) is -2.20. The van der Waals surface area contributed by atoms with Gasteiger partial charge in [-0.2, -0.15) is 0 Å². The van der Waals surface area contributed by atoms with Crippen molar-refractivity contribution in [3.63, 3.8) is 0 Å². The van der Waals surface area contributed by atoms with Gasteiger partial charge in [-0.05, 0) is 32.0 Å². The summed E-state index contributed by atoms with van der Waals surface area (Å²) in [4.78, 5) is 0. The summed E-state index contributed by atoms with van der Waals surface area (Å²) in [5, 5.41) is 23.7. The summed E-state index contributed by atoms with van der Waals surface area (Å²) in [6, 6.07) is 0. The van der Waals surface area contributed by atoms with E-state index in [2.05, 4.69) is 39.2 Å². The highest BCUT2D eigenvalue weighted by Gasteiger charge is 2.61. The molecule has 2 aliphatic rings. The third kappa shape index (κ3) is 3.19. The molecule has 0 bridgehead atoms. The Morgan fingerprint density at radius 2 is 1.81 bits per heavy atom. The number of rotatable bonds is 3. The van der Waals surface area contributed by atoms with E-state index in [0.717, 1.165) is 0 Å². The van der Waals surface area contributed by atoms with Crippen LogP contribution in [0.2, 0.25) is 18.1 Å². The normalized spacial score (nSPS) is 39.6. The molecule has 2 aliphatic heterocycles. The van der Waals surface area contributed by atoms with Crippen molar-refractivity contribution in [2.24, 2.45) is 0 Å². The van der Waals surface area contributed by atoms with E-state index in [-0.39, 0.29) is 11.6 Å². The zero-order valence-electron chi connectivity index (χ0n) is 14.1. The average Bonchev–Trinajstić information content (AvgIpc) is 2.71. The van der Waals surface area contributed by atoms with Gasteiger partial charge in [0.05, 0.1) is 6.61 Å². The van der Waals surface area contributed by atoms with E-state index >= 15 is 0 Å². The summed E-state index contributed by atoms with van der Waals surface area (Å²) in [6.45, 7) is 14.3. The lowest BCUT2D eigenvalue weighted by atomic mass is 10.1. The largest absolute Gasteiger partial charge is 0.412 e. The summed E-state index contributed by atoms with van der Waals surface area (Å²) in [5.74, 6) is -0.816. The van der Waals surface area contributed by atoms with Crippen molar-refractivity contribution in [1.82, 2.24) is 5.32 Å². The number of hydrogen-bond acceptors (Lipinski definition) is 6. The average molecular weight is 319 g/mol. The van der Waals surface area contributed by atoms with Crippen LogP contribution < -0.4 is 5.32 Å². The monoisotopic (exact) mass is 319 g/mol. The first kappa shape index (κ1) is 17.3. The van der Waals surface area contributed by atoms with Gasteiger partial charge >= 0.3 is 0 Å². The summed E-state index contributed by atoms with van der Waals surface area (Å²) in [5.41, 5.74) is -1.44. The lowest BCUT2D eigenvalue weighted by Gasteiger charge is -2.39. The van der Waals surface area contributed by atoms with Crippen LogP contribution in [0, 0.1) is 0 Å². The number of ether oxygens (including phenoxy) is 2. The Balaban J connectivity index is 2.09. The summed E-state index contributed by atoms with van der Waals surface area (Å²) >= 11 is 0. The van der Waals surface area contributed by atoms with Crippen molar-refractivity contribution in [2.45, 2.75) is 82.7 Å². The molecule has 0 radical (unpaired) electrons. The van der Waals surface area contributed by atoms with E-state index < -0.39 is 38.3 Å². The molecule has 2 saturated heterocycles. The van der Waals surface area contributed by atoms with E-state index in [1.54, 1.807) is 13.8 Å². The molecule has 1 unspecified atom stereocenters. The van der Waals surface area contributed by atoms with E-state index in [1.165, 1.54) is 0 Å². The smallest absolute Gasteiger partial charge is 0.192 e. The molecule has 0 saturated carbocycles. The van der Waals surface area contributed by atoms with Crippen LogP contribution in [0.15, 0.2) is 0 Å². The third-order valence-corrected chi connectivity index (χ3v) is 9.25. The molecule has 0 aromatic heterocycles. The molecule has 4 atom stereocenters. The Morgan fingerprint density at radius 1 is 1.24 bits per heavy atom. The van der Waals surface area contributed by atoms with Crippen molar-refractivity contribution in [1.29, 1.82) is 0 Å². The molecule has 0 spiro atoms. The molecular weight excluding hydrogens is 290 g/mol. The second-order valence-electron chi connectivity index (χ2n) is 8.08. The van der Waals surface area contributed by atoms with E-state index in [9.17, 15) is 10.2 Å². The second-order valence-corrected chi connectivity index (χ2v) is 12.9. The number of fused-ring (bicyclic) bond motifs is 1. The minimum absolute atomic E-state index is 0.0479. The van der Waals surface area contributed by atoms with Crippen LogP contribution in [0.25, 0.3) is 0 Å². The van der Waals surface area contributed by atoms with Crippen molar-refractivity contribution < 1.29 is 24.1 Å². The lowest BCUT2D eigenvalue weighted by molar-refractivity contribution is -0.200. The van der Waals surface area contributed by atoms with Gasteiger partial charge in [-0.3, -0.25) is 5.32 Å². The number of nitrogens with one attached hydrogen (secondary N) is 1. The molecular formula is C14H29NO5Si. The highest BCUT2D eigenvalue weighted by atomic mass is 28.4. The Labute approximate surface area is 127 Å². The first-order chi connectivity index (χ1) is 9.28. The van der Waals surface area contributed by atoms with Gasteiger partial charge in [-0.25, -0.2) is 0 Å². The SMILES string of the molecule is CC1(C)O[C@H]2C(O)N[C@@](O)(CO[Si](C)(C)C(C)(C)C)[C@H]2O1. The maximum Gasteiger partial charge on any atom is 0.192 e. The molecule has 0 amide bonds.